The van der Waals surface area contributed by atoms with Gasteiger partial charge in [0.05, 0.1) is 0 Å². The highest BCUT2D eigenvalue weighted by Crippen LogP contribution is 2.51. The Kier molecular flexibility index (Phi) is 6.78. The van der Waals surface area contributed by atoms with Crippen LogP contribution < -0.4 is 0 Å². The highest BCUT2D eigenvalue weighted by molar-refractivity contribution is 6.25. The Morgan fingerprint density at radius 1 is 0.246 bits per heavy atom. The van der Waals surface area contributed by atoms with E-state index < -0.39 is 0 Å². The van der Waals surface area contributed by atoms with Crippen LogP contribution >= 0.6 is 0 Å². The second-order valence-electron chi connectivity index (χ2n) is 16.5. The smallest absolute Gasteiger partial charge is 0.0159 e. The number of benzene rings is 11. The zero-order valence-corrected chi connectivity index (χ0v) is 32.0. The molecule has 0 aromatic heterocycles. The van der Waals surface area contributed by atoms with E-state index in [2.05, 4.69) is 208 Å². The summed E-state index contributed by atoms with van der Waals surface area (Å²) in [4.78, 5) is 0. The van der Waals surface area contributed by atoms with E-state index in [9.17, 15) is 0 Å². The molecule has 0 atom stereocenters. The molecule has 0 heterocycles. The lowest BCUT2D eigenvalue weighted by molar-refractivity contribution is 0.661. The van der Waals surface area contributed by atoms with Gasteiger partial charge in [-0.05, 0) is 157 Å². The molecule has 11 aromatic carbocycles. The van der Waals surface area contributed by atoms with E-state index >= 15 is 0 Å². The van der Waals surface area contributed by atoms with Gasteiger partial charge in [-0.2, -0.15) is 0 Å². The summed E-state index contributed by atoms with van der Waals surface area (Å²) in [5.74, 6) is 0. The Labute approximate surface area is 332 Å². The molecular formula is C57H38. The van der Waals surface area contributed by atoms with Crippen molar-refractivity contribution >= 4 is 64.6 Å². The Morgan fingerprint density at radius 2 is 0.667 bits per heavy atom. The number of rotatable bonds is 3. The third-order valence-corrected chi connectivity index (χ3v) is 13.0. The van der Waals surface area contributed by atoms with E-state index in [1.807, 2.05) is 0 Å². The molecule has 12 rings (SSSR count). The second kappa shape index (κ2) is 12.0. The molecule has 11 aromatic rings. The molecule has 1 aliphatic carbocycles. The lowest BCUT2D eigenvalue weighted by Gasteiger charge is -2.23. The maximum atomic E-state index is 2.46. The van der Waals surface area contributed by atoms with Crippen molar-refractivity contribution in [2.45, 2.75) is 19.3 Å². The van der Waals surface area contributed by atoms with Gasteiger partial charge >= 0.3 is 0 Å². The van der Waals surface area contributed by atoms with Crippen LogP contribution in [0, 0.1) is 0 Å². The third-order valence-electron chi connectivity index (χ3n) is 13.0. The van der Waals surface area contributed by atoms with Crippen molar-refractivity contribution in [2.24, 2.45) is 0 Å². The fourth-order valence-electron chi connectivity index (χ4n) is 10.1. The summed E-state index contributed by atoms with van der Waals surface area (Å²) in [6.07, 6.45) is 0. The predicted molar refractivity (Wildman–Crippen MR) is 245 cm³/mol. The van der Waals surface area contributed by atoms with E-state index in [1.54, 1.807) is 0 Å². The monoisotopic (exact) mass is 722 g/mol. The molecule has 1 aliphatic rings. The van der Waals surface area contributed by atoms with Gasteiger partial charge in [0.15, 0.2) is 0 Å². The molecule has 0 fully saturated rings. The van der Waals surface area contributed by atoms with Crippen LogP contribution in [-0.4, -0.2) is 0 Å². The van der Waals surface area contributed by atoms with Crippen LogP contribution in [0.5, 0.6) is 0 Å². The summed E-state index contributed by atoms with van der Waals surface area (Å²) >= 11 is 0. The Morgan fingerprint density at radius 3 is 1.30 bits per heavy atom. The molecule has 0 N–H and O–H groups in total. The molecule has 0 radical (unpaired) electrons. The van der Waals surface area contributed by atoms with E-state index in [1.165, 1.54) is 120 Å². The summed E-state index contributed by atoms with van der Waals surface area (Å²) in [5, 5.41) is 15.5. The molecule has 0 bridgehead atoms. The van der Waals surface area contributed by atoms with Crippen molar-refractivity contribution in [1.82, 2.24) is 0 Å². The van der Waals surface area contributed by atoms with E-state index in [4.69, 9.17) is 0 Å². The topological polar surface area (TPSA) is 0 Å². The van der Waals surface area contributed by atoms with Crippen LogP contribution in [0.4, 0.5) is 0 Å². The number of hydrogen-bond acceptors (Lipinski definition) is 0. The van der Waals surface area contributed by atoms with Crippen LogP contribution in [0.15, 0.2) is 194 Å². The van der Waals surface area contributed by atoms with Crippen molar-refractivity contribution in [3.8, 4) is 44.5 Å². The van der Waals surface area contributed by atoms with Crippen molar-refractivity contribution in [1.29, 1.82) is 0 Å². The summed E-state index contributed by atoms with van der Waals surface area (Å²) in [6, 6.07) is 72.7. The van der Waals surface area contributed by atoms with E-state index in [0.29, 0.717) is 0 Å². The first-order valence-electron chi connectivity index (χ1n) is 20.1. The van der Waals surface area contributed by atoms with Crippen molar-refractivity contribution in [2.75, 3.05) is 0 Å². The van der Waals surface area contributed by atoms with Crippen LogP contribution in [-0.2, 0) is 5.41 Å². The zero-order valence-electron chi connectivity index (χ0n) is 32.0. The molecule has 0 amide bonds. The van der Waals surface area contributed by atoms with Gasteiger partial charge in [0.1, 0.15) is 0 Å². The van der Waals surface area contributed by atoms with Crippen LogP contribution in [0.1, 0.15) is 25.0 Å². The molecule has 0 nitrogen and oxygen atoms in total. The first-order valence-corrected chi connectivity index (χ1v) is 20.1. The fourth-order valence-corrected chi connectivity index (χ4v) is 10.1. The first-order chi connectivity index (χ1) is 28.0. The average Bonchev–Trinajstić information content (AvgIpc) is 3.50. The Balaban J connectivity index is 0.928. The molecule has 0 spiro atoms. The van der Waals surface area contributed by atoms with Crippen molar-refractivity contribution < 1.29 is 0 Å². The summed E-state index contributed by atoms with van der Waals surface area (Å²) in [5.41, 5.74) is 12.9. The molecule has 0 saturated carbocycles. The quantitative estimate of drug-likeness (QED) is 0.159. The number of fused-ring (bicyclic) bond motifs is 13. The summed E-state index contributed by atoms with van der Waals surface area (Å²) < 4.78 is 0. The maximum Gasteiger partial charge on any atom is 0.0159 e. The SMILES string of the molecule is CC1(C)c2cc(-c3ccc4ccc(-c5ccc6c7ccccc7c7ccccc7c6c5)cc4c3)ccc2-c2ccc(-c3cc4ccccc4c4ccccc34)cc21. The first kappa shape index (κ1) is 32.2. The van der Waals surface area contributed by atoms with Crippen molar-refractivity contribution in [3.63, 3.8) is 0 Å². The third kappa shape index (κ3) is 4.81. The Bertz CT molecular complexity index is 3450. The van der Waals surface area contributed by atoms with Gasteiger partial charge in [-0.3, -0.25) is 0 Å². The maximum absolute atomic E-state index is 2.46. The van der Waals surface area contributed by atoms with Gasteiger partial charge in [-0.25, -0.2) is 0 Å². The molecule has 0 aliphatic heterocycles. The minimum atomic E-state index is -0.140. The molecule has 57 heavy (non-hydrogen) atoms. The summed E-state index contributed by atoms with van der Waals surface area (Å²) in [7, 11) is 0. The second-order valence-corrected chi connectivity index (χ2v) is 16.5. The van der Waals surface area contributed by atoms with E-state index in [0.717, 1.165) is 0 Å². The predicted octanol–water partition coefficient (Wildman–Crippen LogP) is 15.9. The highest BCUT2D eigenvalue weighted by Gasteiger charge is 2.36. The zero-order chi connectivity index (χ0) is 37.8. The summed E-state index contributed by atoms with van der Waals surface area (Å²) in [6.45, 7) is 4.79. The molecule has 0 saturated heterocycles. The van der Waals surface area contributed by atoms with E-state index in [-0.39, 0.29) is 5.41 Å². The molecule has 0 heteroatoms. The normalized spacial score (nSPS) is 13.2. The molecular weight excluding hydrogens is 685 g/mol. The van der Waals surface area contributed by atoms with Gasteiger partial charge in [0.25, 0.3) is 0 Å². The van der Waals surface area contributed by atoms with Gasteiger partial charge in [-0.1, -0.05) is 172 Å². The lowest BCUT2D eigenvalue weighted by atomic mass is 9.80. The standard InChI is InChI=1S/C57H38/c1-57(2)55-33-39(24-27-51(55)52-28-25-41(34-56(52)57)53-32-40-11-3-4-12-43(40)44-13-5-9-17-48(44)53)37-22-20-35-19-21-36(29-42(35)30-37)38-23-26-50-47-16-7-6-14-45(47)46-15-8-10-18-49(46)54(50)31-38/h3-34H,1-2H3. The lowest BCUT2D eigenvalue weighted by Crippen LogP contribution is -2.15. The van der Waals surface area contributed by atoms with Gasteiger partial charge in [0, 0.05) is 5.41 Å². The molecule has 0 unspecified atom stereocenters. The van der Waals surface area contributed by atoms with Gasteiger partial charge in [-0.15, -0.1) is 0 Å². The minimum Gasteiger partial charge on any atom is -0.0616 e. The number of hydrogen-bond donors (Lipinski definition) is 0. The van der Waals surface area contributed by atoms with Crippen molar-refractivity contribution in [3.05, 3.63) is 205 Å². The Hall–Kier alpha value is -7.02. The van der Waals surface area contributed by atoms with Crippen LogP contribution in [0.25, 0.3) is 109 Å². The van der Waals surface area contributed by atoms with Crippen LogP contribution in [0.3, 0.4) is 0 Å². The van der Waals surface area contributed by atoms with Crippen LogP contribution in [0.2, 0.25) is 0 Å². The minimum absolute atomic E-state index is 0.140. The molecule has 266 valence electrons. The average molecular weight is 723 g/mol. The van der Waals surface area contributed by atoms with Gasteiger partial charge < -0.3 is 0 Å². The fraction of sp³-hybridized carbons (Fsp3) is 0.0526. The largest absolute Gasteiger partial charge is 0.0616 e. The highest BCUT2D eigenvalue weighted by atomic mass is 14.4. The van der Waals surface area contributed by atoms with Gasteiger partial charge in [0.2, 0.25) is 0 Å².